The number of nitrogens with two attached hydrogens (primary N) is 1. The highest BCUT2D eigenvalue weighted by molar-refractivity contribution is 5.84. The second kappa shape index (κ2) is 10.2. The van der Waals surface area contributed by atoms with Gasteiger partial charge in [-0.1, -0.05) is 6.92 Å². The summed E-state index contributed by atoms with van der Waals surface area (Å²) < 4.78 is 10.9. The second-order valence-corrected chi connectivity index (χ2v) is 5.02. The molecule has 0 saturated heterocycles. The van der Waals surface area contributed by atoms with E-state index in [0.29, 0.717) is 19.8 Å². The molecule has 0 aliphatic carbocycles. The Labute approximate surface area is 117 Å². The molecule has 0 rings (SSSR count). The molecular formula is C14H30N2O3. The summed E-state index contributed by atoms with van der Waals surface area (Å²) in [5, 5.41) is 3.15. The van der Waals surface area contributed by atoms with Crippen LogP contribution < -0.4 is 11.1 Å². The molecule has 114 valence electrons. The zero-order valence-electron chi connectivity index (χ0n) is 12.8. The zero-order chi connectivity index (χ0) is 14.7. The van der Waals surface area contributed by atoms with E-state index in [2.05, 4.69) is 5.32 Å². The standard InChI is InChI=1S/C14H30N2O3/c1-5-16-14(4,13(15)17)9-7-8-10-19-12(3)11-18-6-2/h12,16H,5-11H2,1-4H3,(H2,15,17). The van der Waals surface area contributed by atoms with Gasteiger partial charge in [-0.25, -0.2) is 0 Å². The van der Waals surface area contributed by atoms with Gasteiger partial charge in [0.25, 0.3) is 0 Å². The van der Waals surface area contributed by atoms with Crippen molar-refractivity contribution in [1.29, 1.82) is 0 Å². The number of carbonyl (C=O) groups excluding carboxylic acids is 1. The van der Waals surface area contributed by atoms with Crippen LogP contribution in [0.1, 0.15) is 47.0 Å². The Bertz CT molecular complexity index is 249. The van der Waals surface area contributed by atoms with Gasteiger partial charge in [-0.15, -0.1) is 0 Å². The molecule has 0 aromatic rings. The minimum Gasteiger partial charge on any atom is -0.379 e. The van der Waals surface area contributed by atoms with Crippen molar-refractivity contribution in [3.63, 3.8) is 0 Å². The molecule has 0 aliphatic heterocycles. The van der Waals surface area contributed by atoms with Crippen molar-refractivity contribution in [2.75, 3.05) is 26.4 Å². The summed E-state index contributed by atoms with van der Waals surface area (Å²) in [7, 11) is 0. The van der Waals surface area contributed by atoms with Crippen molar-refractivity contribution >= 4 is 5.91 Å². The van der Waals surface area contributed by atoms with Crippen molar-refractivity contribution < 1.29 is 14.3 Å². The summed E-state index contributed by atoms with van der Waals surface area (Å²) in [6, 6.07) is 0. The van der Waals surface area contributed by atoms with E-state index in [1.54, 1.807) is 0 Å². The first-order valence-electron chi connectivity index (χ1n) is 7.20. The molecule has 2 unspecified atom stereocenters. The zero-order valence-corrected chi connectivity index (χ0v) is 12.8. The summed E-state index contributed by atoms with van der Waals surface area (Å²) in [5.41, 5.74) is 4.82. The molecule has 19 heavy (non-hydrogen) atoms. The van der Waals surface area contributed by atoms with E-state index < -0.39 is 5.54 Å². The Kier molecular flexibility index (Phi) is 9.83. The minimum absolute atomic E-state index is 0.122. The van der Waals surface area contributed by atoms with E-state index in [1.807, 2.05) is 27.7 Å². The topological polar surface area (TPSA) is 73.6 Å². The summed E-state index contributed by atoms with van der Waals surface area (Å²) >= 11 is 0. The van der Waals surface area contributed by atoms with Crippen LogP contribution in [0.3, 0.4) is 0 Å². The molecule has 0 heterocycles. The maximum absolute atomic E-state index is 11.4. The fourth-order valence-corrected chi connectivity index (χ4v) is 1.89. The molecule has 0 spiro atoms. The average molecular weight is 274 g/mol. The van der Waals surface area contributed by atoms with Gasteiger partial charge < -0.3 is 20.5 Å². The Hall–Kier alpha value is -0.650. The number of ether oxygens (including phenoxy) is 2. The highest BCUT2D eigenvalue weighted by Gasteiger charge is 2.28. The highest BCUT2D eigenvalue weighted by Crippen LogP contribution is 2.13. The lowest BCUT2D eigenvalue weighted by molar-refractivity contribution is -0.124. The third-order valence-electron chi connectivity index (χ3n) is 3.14. The van der Waals surface area contributed by atoms with Gasteiger partial charge in [-0.3, -0.25) is 4.79 Å². The number of unbranched alkanes of at least 4 members (excludes halogenated alkanes) is 1. The fraction of sp³-hybridized carbons (Fsp3) is 0.929. The molecule has 1 amide bonds. The Morgan fingerprint density at radius 1 is 1.37 bits per heavy atom. The van der Waals surface area contributed by atoms with Crippen LogP contribution in [0, 0.1) is 0 Å². The maximum Gasteiger partial charge on any atom is 0.237 e. The van der Waals surface area contributed by atoms with E-state index in [1.165, 1.54) is 0 Å². The largest absolute Gasteiger partial charge is 0.379 e. The Morgan fingerprint density at radius 2 is 2.05 bits per heavy atom. The molecule has 0 fully saturated rings. The number of rotatable bonds is 12. The van der Waals surface area contributed by atoms with Crippen LogP contribution >= 0.6 is 0 Å². The van der Waals surface area contributed by atoms with Gasteiger partial charge in [-0.05, 0) is 46.6 Å². The monoisotopic (exact) mass is 274 g/mol. The highest BCUT2D eigenvalue weighted by atomic mass is 16.5. The number of primary amides is 1. The predicted octanol–water partition coefficient (Wildman–Crippen LogP) is 1.45. The molecule has 0 bridgehead atoms. The lowest BCUT2D eigenvalue weighted by atomic mass is 9.94. The van der Waals surface area contributed by atoms with Crippen LogP contribution in [-0.4, -0.2) is 43.9 Å². The van der Waals surface area contributed by atoms with E-state index in [9.17, 15) is 4.79 Å². The van der Waals surface area contributed by atoms with E-state index in [4.69, 9.17) is 15.2 Å². The molecule has 5 nitrogen and oxygen atoms in total. The van der Waals surface area contributed by atoms with Gasteiger partial charge >= 0.3 is 0 Å². The van der Waals surface area contributed by atoms with Crippen molar-refractivity contribution in [3.8, 4) is 0 Å². The first kappa shape index (κ1) is 18.4. The van der Waals surface area contributed by atoms with Crippen LogP contribution in [0.2, 0.25) is 0 Å². The molecular weight excluding hydrogens is 244 g/mol. The second-order valence-electron chi connectivity index (χ2n) is 5.02. The third kappa shape index (κ3) is 8.18. The first-order valence-corrected chi connectivity index (χ1v) is 7.20. The fourth-order valence-electron chi connectivity index (χ4n) is 1.89. The summed E-state index contributed by atoms with van der Waals surface area (Å²) in [4.78, 5) is 11.4. The van der Waals surface area contributed by atoms with Crippen molar-refractivity contribution in [2.45, 2.75) is 58.6 Å². The third-order valence-corrected chi connectivity index (χ3v) is 3.14. The Morgan fingerprint density at radius 3 is 2.58 bits per heavy atom. The Balaban J connectivity index is 3.74. The van der Waals surface area contributed by atoms with Crippen LogP contribution in [0.15, 0.2) is 0 Å². The van der Waals surface area contributed by atoms with Gasteiger partial charge in [0.05, 0.1) is 18.2 Å². The summed E-state index contributed by atoms with van der Waals surface area (Å²) in [6.07, 6.45) is 2.69. The number of hydrogen-bond donors (Lipinski definition) is 2. The van der Waals surface area contributed by atoms with Crippen molar-refractivity contribution in [1.82, 2.24) is 5.32 Å². The van der Waals surface area contributed by atoms with E-state index >= 15 is 0 Å². The number of hydrogen-bond acceptors (Lipinski definition) is 4. The quantitative estimate of drug-likeness (QED) is 0.528. The first-order chi connectivity index (χ1) is 8.96. The van der Waals surface area contributed by atoms with Gasteiger partial charge in [0.15, 0.2) is 0 Å². The SMILES string of the molecule is CCNC(C)(CCCCOC(C)COCC)C(N)=O. The molecule has 0 aromatic carbocycles. The van der Waals surface area contributed by atoms with Gasteiger partial charge in [0.2, 0.25) is 5.91 Å². The van der Waals surface area contributed by atoms with Crippen LogP contribution in [-0.2, 0) is 14.3 Å². The van der Waals surface area contributed by atoms with Crippen LogP contribution in [0.25, 0.3) is 0 Å². The summed E-state index contributed by atoms with van der Waals surface area (Å²) in [6.45, 7) is 10.6. The lowest BCUT2D eigenvalue weighted by Gasteiger charge is -2.27. The van der Waals surface area contributed by atoms with Crippen LogP contribution in [0.5, 0.6) is 0 Å². The molecule has 0 aliphatic rings. The van der Waals surface area contributed by atoms with Crippen LogP contribution in [0.4, 0.5) is 0 Å². The molecule has 0 saturated carbocycles. The minimum atomic E-state index is -0.605. The number of likely N-dealkylation sites (N-methyl/N-ethyl adjacent to an activating group) is 1. The predicted molar refractivity (Wildman–Crippen MR) is 77.0 cm³/mol. The summed E-state index contributed by atoms with van der Waals surface area (Å²) in [5.74, 6) is -0.292. The molecule has 2 atom stereocenters. The maximum atomic E-state index is 11.4. The number of nitrogens with one attached hydrogen (secondary N) is 1. The molecule has 0 aromatic heterocycles. The van der Waals surface area contributed by atoms with Crippen molar-refractivity contribution in [2.24, 2.45) is 5.73 Å². The molecule has 0 radical (unpaired) electrons. The van der Waals surface area contributed by atoms with Gasteiger partial charge in [0.1, 0.15) is 0 Å². The van der Waals surface area contributed by atoms with Crippen molar-refractivity contribution in [3.05, 3.63) is 0 Å². The van der Waals surface area contributed by atoms with Gasteiger partial charge in [-0.2, -0.15) is 0 Å². The normalized spacial score (nSPS) is 16.0. The molecule has 5 heteroatoms. The van der Waals surface area contributed by atoms with E-state index in [-0.39, 0.29) is 12.0 Å². The molecule has 3 N–H and O–H groups in total. The number of amides is 1. The van der Waals surface area contributed by atoms with E-state index in [0.717, 1.165) is 25.8 Å². The lowest BCUT2D eigenvalue weighted by Crippen LogP contribution is -2.53. The van der Waals surface area contributed by atoms with Gasteiger partial charge in [0, 0.05) is 13.2 Å². The average Bonchev–Trinajstić information content (AvgIpc) is 2.36. The smallest absolute Gasteiger partial charge is 0.237 e. The number of carbonyl (C=O) groups is 1.